The van der Waals surface area contributed by atoms with Crippen LogP contribution in [0.1, 0.15) is 12.8 Å². The molecular formula is C9H15N3O6S. The summed E-state index contributed by atoms with van der Waals surface area (Å²) in [6, 6.07) is -1.03. The first-order valence-corrected chi connectivity index (χ1v) is 7.14. The Morgan fingerprint density at radius 2 is 2.16 bits per heavy atom. The molecule has 3 N–H and O–H groups in total. The van der Waals surface area contributed by atoms with Gasteiger partial charge in [0.1, 0.15) is 6.04 Å². The molecule has 0 radical (unpaired) electrons. The molecule has 0 unspecified atom stereocenters. The summed E-state index contributed by atoms with van der Waals surface area (Å²) in [5.74, 6) is -0.539. The number of rotatable bonds is 5. The Morgan fingerprint density at radius 1 is 1.47 bits per heavy atom. The fourth-order valence-corrected chi connectivity index (χ4v) is 2.84. The molecule has 2 fully saturated rings. The van der Waals surface area contributed by atoms with Crippen LogP contribution in [0, 0.1) is 0 Å². The number of piperidine rings is 1. The Labute approximate surface area is 110 Å². The van der Waals surface area contributed by atoms with E-state index >= 15 is 0 Å². The van der Waals surface area contributed by atoms with Gasteiger partial charge >= 0.3 is 16.4 Å². The predicted molar refractivity (Wildman–Crippen MR) is 62.3 cm³/mol. The molecule has 3 amide bonds. The van der Waals surface area contributed by atoms with Gasteiger partial charge in [0, 0.05) is 13.1 Å². The zero-order chi connectivity index (χ0) is 14.2. The third kappa shape index (κ3) is 2.96. The van der Waals surface area contributed by atoms with Crippen molar-refractivity contribution in [3.63, 3.8) is 0 Å². The van der Waals surface area contributed by atoms with Crippen molar-refractivity contribution in [2.75, 3.05) is 19.7 Å². The molecule has 2 heterocycles. The van der Waals surface area contributed by atoms with Crippen molar-refractivity contribution < 1.29 is 26.7 Å². The average molecular weight is 293 g/mol. The molecule has 2 atom stereocenters. The monoisotopic (exact) mass is 293 g/mol. The molecule has 0 aromatic rings. The van der Waals surface area contributed by atoms with Crippen LogP contribution in [0.2, 0.25) is 0 Å². The second kappa shape index (κ2) is 4.94. The highest BCUT2D eigenvalue weighted by atomic mass is 32.3. The molecule has 0 aliphatic carbocycles. The Balaban J connectivity index is 1.97. The second-order valence-electron chi connectivity index (χ2n) is 4.53. The molecule has 10 heteroatoms. The normalized spacial score (nSPS) is 26.9. The maximum Gasteiger partial charge on any atom is 0.397 e. The van der Waals surface area contributed by atoms with Gasteiger partial charge in [-0.05, 0) is 12.8 Å². The fourth-order valence-electron chi connectivity index (χ4n) is 2.55. The number of carbonyl (C=O) groups is 2. The van der Waals surface area contributed by atoms with Gasteiger partial charge in [0.05, 0.1) is 12.6 Å². The average Bonchev–Trinajstić information content (AvgIpc) is 2.52. The number of nitrogens with two attached hydrogens (primary N) is 1. The summed E-state index contributed by atoms with van der Waals surface area (Å²) >= 11 is 0. The molecule has 2 aliphatic rings. The third-order valence-electron chi connectivity index (χ3n) is 3.38. The van der Waals surface area contributed by atoms with E-state index in [9.17, 15) is 18.0 Å². The molecule has 0 saturated carbocycles. The number of amides is 3. The number of carbonyl (C=O) groups excluding carboxylic acids is 2. The maximum absolute atomic E-state index is 12.0. The first-order valence-electron chi connectivity index (χ1n) is 5.78. The third-order valence-corrected chi connectivity index (χ3v) is 3.85. The van der Waals surface area contributed by atoms with Gasteiger partial charge in [0.25, 0.3) is 0 Å². The summed E-state index contributed by atoms with van der Waals surface area (Å²) < 4.78 is 33.4. The standard InChI is InChI=1S/C9H15N3O6S/c10-8(13)7-2-1-6-5-12(7)9(14)11(6)3-4-18-19(15,16)17/h6-7H,1-5H2,(H2,10,13)(H,15,16,17)/t6-,7+/m1/s1. The van der Waals surface area contributed by atoms with Crippen LogP contribution in [-0.4, -0.2) is 66.5 Å². The number of nitrogens with zero attached hydrogens (tertiary/aromatic N) is 2. The van der Waals surface area contributed by atoms with Crippen molar-refractivity contribution in [3.05, 3.63) is 0 Å². The summed E-state index contributed by atoms with van der Waals surface area (Å²) in [5, 5.41) is 0. The van der Waals surface area contributed by atoms with Crippen molar-refractivity contribution in [2.45, 2.75) is 24.9 Å². The molecule has 9 nitrogen and oxygen atoms in total. The van der Waals surface area contributed by atoms with Crippen molar-refractivity contribution in [1.29, 1.82) is 0 Å². The minimum Gasteiger partial charge on any atom is -0.368 e. The van der Waals surface area contributed by atoms with Crippen molar-refractivity contribution in [3.8, 4) is 0 Å². The van der Waals surface area contributed by atoms with Crippen molar-refractivity contribution >= 4 is 22.3 Å². The van der Waals surface area contributed by atoms with E-state index in [0.29, 0.717) is 19.4 Å². The van der Waals surface area contributed by atoms with Crippen molar-refractivity contribution in [1.82, 2.24) is 9.80 Å². The van der Waals surface area contributed by atoms with E-state index in [4.69, 9.17) is 10.3 Å². The number of hydrogen-bond donors (Lipinski definition) is 2. The Kier molecular flexibility index (Phi) is 3.65. The second-order valence-corrected chi connectivity index (χ2v) is 5.62. The lowest BCUT2D eigenvalue weighted by Gasteiger charge is -2.28. The van der Waals surface area contributed by atoms with E-state index in [1.165, 1.54) is 9.80 Å². The fraction of sp³-hybridized carbons (Fsp3) is 0.778. The van der Waals surface area contributed by atoms with Crippen molar-refractivity contribution in [2.24, 2.45) is 5.73 Å². The summed E-state index contributed by atoms with van der Waals surface area (Å²) in [4.78, 5) is 26.1. The van der Waals surface area contributed by atoms with Gasteiger partial charge in [-0.2, -0.15) is 8.42 Å². The Hall–Kier alpha value is -1.39. The van der Waals surface area contributed by atoms with Gasteiger partial charge in [-0.15, -0.1) is 0 Å². The SMILES string of the molecule is NC(=O)[C@@H]1CC[C@@H]2CN1C(=O)N2CCOS(=O)(=O)O. The quantitative estimate of drug-likeness (QED) is 0.597. The summed E-state index contributed by atoms with van der Waals surface area (Å²) in [7, 11) is -4.51. The molecule has 2 bridgehead atoms. The summed E-state index contributed by atoms with van der Waals surface area (Å²) in [5.41, 5.74) is 5.23. The van der Waals surface area contributed by atoms with Crippen LogP contribution in [0.25, 0.3) is 0 Å². The molecular weight excluding hydrogens is 278 g/mol. The molecule has 2 saturated heterocycles. The number of primary amides is 1. The highest BCUT2D eigenvalue weighted by Crippen LogP contribution is 2.29. The van der Waals surface area contributed by atoms with Crippen LogP contribution in [0.3, 0.4) is 0 Å². The topological polar surface area (TPSA) is 130 Å². The smallest absolute Gasteiger partial charge is 0.368 e. The van der Waals surface area contributed by atoms with Crippen LogP contribution in [0.5, 0.6) is 0 Å². The van der Waals surface area contributed by atoms with E-state index in [1.807, 2.05) is 0 Å². The van der Waals surface area contributed by atoms with E-state index in [0.717, 1.165) is 0 Å². The molecule has 0 spiro atoms. The number of fused-ring (bicyclic) bond motifs is 2. The number of hydrogen-bond acceptors (Lipinski definition) is 5. The highest BCUT2D eigenvalue weighted by molar-refractivity contribution is 7.80. The zero-order valence-corrected chi connectivity index (χ0v) is 10.9. The van der Waals surface area contributed by atoms with Crippen LogP contribution >= 0.6 is 0 Å². The van der Waals surface area contributed by atoms with Gasteiger partial charge in [-0.3, -0.25) is 9.35 Å². The number of urea groups is 1. The van der Waals surface area contributed by atoms with Crippen LogP contribution in [0.15, 0.2) is 0 Å². The van der Waals surface area contributed by atoms with Crippen LogP contribution < -0.4 is 5.73 Å². The van der Waals surface area contributed by atoms with Gasteiger partial charge in [0.2, 0.25) is 5.91 Å². The molecule has 0 aromatic carbocycles. The Morgan fingerprint density at radius 3 is 2.74 bits per heavy atom. The van der Waals surface area contributed by atoms with Gasteiger partial charge in [-0.1, -0.05) is 0 Å². The van der Waals surface area contributed by atoms with E-state index < -0.39 is 22.3 Å². The first kappa shape index (κ1) is 14.0. The van der Waals surface area contributed by atoms with Gasteiger partial charge in [-0.25, -0.2) is 8.98 Å². The Bertz CT molecular complexity index is 492. The lowest BCUT2D eigenvalue weighted by molar-refractivity contribution is -0.122. The minimum atomic E-state index is -4.51. The molecule has 108 valence electrons. The van der Waals surface area contributed by atoms with Gasteiger partial charge in [0.15, 0.2) is 0 Å². The lowest BCUT2D eigenvalue weighted by atomic mass is 10.0. The largest absolute Gasteiger partial charge is 0.397 e. The molecule has 2 rings (SSSR count). The van der Waals surface area contributed by atoms with E-state index in [2.05, 4.69) is 4.18 Å². The highest BCUT2D eigenvalue weighted by Gasteiger charge is 2.46. The first-order chi connectivity index (χ1) is 8.79. The maximum atomic E-state index is 12.0. The van der Waals surface area contributed by atoms with E-state index in [-0.39, 0.29) is 25.2 Å². The van der Waals surface area contributed by atoms with Crippen LogP contribution in [-0.2, 0) is 19.4 Å². The predicted octanol–water partition coefficient (Wildman–Crippen LogP) is -1.44. The molecule has 0 aromatic heterocycles. The van der Waals surface area contributed by atoms with Crippen LogP contribution in [0.4, 0.5) is 4.79 Å². The summed E-state index contributed by atoms with van der Waals surface area (Å²) in [6.45, 7) is 0.111. The molecule has 19 heavy (non-hydrogen) atoms. The zero-order valence-electron chi connectivity index (χ0n) is 10.1. The van der Waals surface area contributed by atoms with Gasteiger partial charge < -0.3 is 15.5 Å². The minimum absolute atomic E-state index is 0.0330. The molecule has 2 aliphatic heterocycles. The lowest BCUT2D eigenvalue weighted by Crippen LogP contribution is -2.47. The van der Waals surface area contributed by atoms with E-state index in [1.54, 1.807) is 0 Å². The summed E-state index contributed by atoms with van der Waals surface area (Å²) in [6.07, 6.45) is 1.13.